The lowest BCUT2D eigenvalue weighted by Gasteiger charge is -2.20. The van der Waals surface area contributed by atoms with E-state index in [1.54, 1.807) is 6.07 Å². The summed E-state index contributed by atoms with van der Waals surface area (Å²) in [5, 5.41) is 9.11. The zero-order valence-corrected chi connectivity index (χ0v) is 11.5. The van der Waals surface area contributed by atoms with E-state index >= 15 is 0 Å². The molecular formula is C14H16F3NO2. The van der Waals surface area contributed by atoms with Gasteiger partial charge in [0.25, 0.3) is 0 Å². The number of nitrogens with zero attached hydrogens (tertiary/aromatic N) is 1. The summed E-state index contributed by atoms with van der Waals surface area (Å²) < 4.78 is 48.5. The van der Waals surface area contributed by atoms with E-state index < -0.39 is 23.9 Å². The van der Waals surface area contributed by atoms with Crippen molar-refractivity contribution < 1.29 is 22.6 Å². The Morgan fingerprint density at radius 1 is 1.25 bits per heavy atom. The van der Waals surface area contributed by atoms with Crippen molar-refractivity contribution in [3.8, 4) is 6.07 Å². The van der Waals surface area contributed by atoms with Gasteiger partial charge in [-0.15, -0.1) is 0 Å². The van der Waals surface area contributed by atoms with Crippen molar-refractivity contribution in [2.24, 2.45) is 5.92 Å². The molecule has 0 aliphatic heterocycles. The molecule has 0 radical (unpaired) electrons. The molecule has 20 heavy (non-hydrogen) atoms. The fourth-order valence-electron chi connectivity index (χ4n) is 2.08. The number of halogens is 3. The van der Waals surface area contributed by atoms with Gasteiger partial charge in [-0.05, 0) is 30.5 Å². The lowest BCUT2D eigenvalue weighted by Crippen LogP contribution is -2.26. The topological polar surface area (TPSA) is 42.2 Å². The molecule has 0 fully saturated rings. The van der Waals surface area contributed by atoms with E-state index in [0.717, 1.165) is 6.07 Å². The third kappa shape index (κ3) is 3.71. The van der Waals surface area contributed by atoms with Crippen LogP contribution in [0.1, 0.15) is 16.7 Å². The number of ether oxygens (including phenoxy) is 2. The first-order valence-corrected chi connectivity index (χ1v) is 5.96. The van der Waals surface area contributed by atoms with Gasteiger partial charge in [-0.1, -0.05) is 12.1 Å². The second-order valence-corrected chi connectivity index (χ2v) is 4.37. The third-order valence-electron chi connectivity index (χ3n) is 3.15. The highest BCUT2D eigenvalue weighted by Gasteiger charge is 2.33. The van der Waals surface area contributed by atoms with E-state index in [1.165, 1.54) is 27.2 Å². The molecule has 0 aromatic heterocycles. The van der Waals surface area contributed by atoms with Gasteiger partial charge in [-0.25, -0.2) is 0 Å². The number of methoxy groups -OCH3 is 2. The van der Waals surface area contributed by atoms with E-state index in [0.29, 0.717) is 5.56 Å². The summed E-state index contributed by atoms with van der Waals surface area (Å²) in [5.74, 6) is -0.674. The molecule has 0 amide bonds. The van der Waals surface area contributed by atoms with Crippen LogP contribution in [-0.4, -0.2) is 20.5 Å². The standard InChI is InChI=1S/C14H16F3NO2/c1-9-10(5-4-6-12(9)14(15,16)17)7-11(8-18)13(19-2)20-3/h4-6,11,13H,7H2,1-3H3. The van der Waals surface area contributed by atoms with Gasteiger partial charge in [0.1, 0.15) is 5.92 Å². The molecule has 0 aliphatic rings. The fourth-order valence-corrected chi connectivity index (χ4v) is 2.08. The van der Waals surface area contributed by atoms with Crippen molar-refractivity contribution in [3.63, 3.8) is 0 Å². The Labute approximate surface area is 115 Å². The Hall–Kier alpha value is -1.58. The maximum Gasteiger partial charge on any atom is 0.416 e. The molecule has 1 rings (SSSR count). The molecule has 0 saturated carbocycles. The van der Waals surface area contributed by atoms with E-state index in [-0.39, 0.29) is 12.0 Å². The van der Waals surface area contributed by atoms with Gasteiger partial charge in [-0.3, -0.25) is 0 Å². The average molecular weight is 287 g/mol. The van der Waals surface area contributed by atoms with Crippen molar-refractivity contribution in [2.75, 3.05) is 14.2 Å². The molecule has 110 valence electrons. The normalized spacial score (nSPS) is 13.3. The summed E-state index contributed by atoms with van der Waals surface area (Å²) >= 11 is 0. The van der Waals surface area contributed by atoms with Gasteiger partial charge in [-0.2, -0.15) is 18.4 Å². The molecule has 0 N–H and O–H groups in total. The molecule has 0 bridgehead atoms. The molecule has 0 heterocycles. The van der Waals surface area contributed by atoms with Crippen LogP contribution in [0.25, 0.3) is 0 Å². The van der Waals surface area contributed by atoms with Crippen LogP contribution in [-0.2, 0) is 22.1 Å². The zero-order chi connectivity index (χ0) is 15.3. The van der Waals surface area contributed by atoms with Gasteiger partial charge >= 0.3 is 6.18 Å². The van der Waals surface area contributed by atoms with Crippen LogP contribution in [0.4, 0.5) is 13.2 Å². The Balaban J connectivity index is 3.07. The van der Waals surface area contributed by atoms with Crippen LogP contribution in [0.5, 0.6) is 0 Å². The van der Waals surface area contributed by atoms with E-state index in [1.807, 2.05) is 6.07 Å². The number of nitriles is 1. The molecule has 1 atom stereocenters. The van der Waals surface area contributed by atoms with Gasteiger partial charge in [0.2, 0.25) is 0 Å². The van der Waals surface area contributed by atoms with E-state index in [2.05, 4.69) is 0 Å². The van der Waals surface area contributed by atoms with Gasteiger partial charge < -0.3 is 9.47 Å². The van der Waals surface area contributed by atoms with Crippen molar-refractivity contribution in [1.82, 2.24) is 0 Å². The summed E-state index contributed by atoms with van der Waals surface area (Å²) in [5.41, 5.74) is -0.0882. The summed E-state index contributed by atoms with van der Waals surface area (Å²) in [6.07, 6.45) is -5.03. The molecule has 6 heteroatoms. The van der Waals surface area contributed by atoms with E-state index in [9.17, 15) is 13.2 Å². The number of hydrogen-bond donors (Lipinski definition) is 0. The van der Waals surface area contributed by atoms with Crippen molar-refractivity contribution >= 4 is 0 Å². The van der Waals surface area contributed by atoms with Crippen LogP contribution in [0.2, 0.25) is 0 Å². The lowest BCUT2D eigenvalue weighted by molar-refractivity contribution is -0.138. The Bertz CT molecular complexity index is 490. The summed E-state index contributed by atoms with van der Waals surface area (Å²) in [7, 11) is 2.77. The minimum absolute atomic E-state index is 0.131. The Kier molecular flexibility index (Phi) is 5.54. The maximum atomic E-state index is 12.8. The van der Waals surface area contributed by atoms with Gasteiger partial charge in [0, 0.05) is 14.2 Å². The predicted octanol–water partition coefficient (Wildman–Crippen LogP) is 3.32. The van der Waals surface area contributed by atoms with Crippen LogP contribution in [0, 0.1) is 24.2 Å². The van der Waals surface area contributed by atoms with Crippen molar-refractivity contribution in [3.05, 3.63) is 34.9 Å². The Morgan fingerprint density at radius 2 is 1.85 bits per heavy atom. The highest BCUT2D eigenvalue weighted by atomic mass is 19.4. The van der Waals surface area contributed by atoms with E-state index in [4.69, 9.17) is 14.7 Å². The monoisotopic (exact) mass is 287 g/mol. The first-order valence-electron chi connectivity index (χ1n) is 5.96. The Morgan fingerprint density at radius 3 is 2.30 bits per heavy atom. The highest BCUT2D eigenvalue weighted by Crippen LogP contribution is 2.33. The number of benzene rings is 1. The van der Waals surface area contributed by atoms with Gasteiger partial charge in [0.15, 0.2) is 6.29 Å². The summed E-state index contributed by atoms with van der Waals surface area (Å²) in [4.78, 5) is 0. The van der Waals surface area contributed by atoms with Gasteiger partial charge in [0.05, 0.1) is 11.6 Å². The molecule has 0 spiro atoms. The summed E-state index contributed by atoms with van der Waals surface area (Å²) in [6.45, 7) is 1.40. The molecule has 1 aromatic rings. The van der Waals surface area contributed by atoms with Crippen LogP contribution in [0.15, 0.2) is 18.2 Å². The minimum atomic E-state index is -4.40. The molecular weight excluding hydrogens is 271 g/mol. The SMILES string of the molecule is COC(OC)C(C#N)Cc1cccc(C(F)(F)F)c1C. The number of alkyl halides is 3. The van der Waals surface area contributed by atoms with Crippen LogP contribution >= 0.6 is 0 Å². The predicted molar refractivity (Wildman–Crippen MR) is 66.8 cm³/mol. The highest BCUT2D eigenvalue weighted by molar-refractivity contribution is 5.36. The zero-order valence-electron chi connectivity index (χ0n) is 11.5. The summed E-state index contributed by atoms with van der Waals surface area (Å²) in [6, 6.07) is 5.96. The molecule has 0 aliphatic carbocycles. The quantitative estimate of drug-likeness (QED) is 0.780. The largest absolute Gasteiger partial charge is 0.416 e. The van der Waals surface area contributed by atoms with Crippen LogP contribution in [0.3, 0.4) is 0 Å². The van der Waals surface area contributed by atoms with Crippen LogP contribution < -0.4 is 0 Å². The fraction of sp³-hybridized carbons (Fsp3) is 0.500. The van der Waals surface area contributed by atoms with Crippen molar-refractivity contribution in [2.45, 2.75) is 25.8 Å². The molecule has 1 aromatic carbocycles. The molecule has 3 nitrogen and oxygen atoms in total. The minimum Gasteiger partial charge on any atom is -0.354 e. The maximum absolute atomic E-state index is 12.8. The molecule has 0 saturated heterocycles. The number of hydrogen-bond acceptors (Lipinski definition) is 3. The average Bonchev–Trinajstić information content (AvgIpc) is 2.39. The molecule has 1 unspecified atom stereocenters. The second kappa shape index (κ2) is 6.73. The first-order chi connectivity index (χ1) is 9.35. The smallest absolute Gasteiger partial charge is 0.354 e. The third-order valence-corrected chi connectivity index (χ3v) is 3.15. The second-order valence-electron chi connectivity index (χ2n) is 4.37. The first kappa shape index (κ1) is 16.5. The number of rotatable bonds is 5. The van der Waals surface area contributed by atoms with Crippen molar-refractivity contribution in [1.29, 1.82) is 5.26 Å². The lowest BCUT2D eigenvalue weighted by atomic mass is 9.93.